The average Bonchev–Trinajstić information content (AvgIpc) is 2.50. The van der Waals surface area contributed by atoms with Gasteiger partial charge in [0.1, 0.15) is 5.54 Å². The summed E-state index contributed by atoms with van der Waals surface area (Å²) in [5.41, 5.74) is -0.726. The molecule has 0 aromatic heterocycles. The summed E-state index contributed by atoms with van der Waals surface area (Å²) in [6, 6.07) is 1.60. The predicted octanol–water partition coefficient (Wildman–Crippen LogP) is 1.79. The number of nitrogens with one attached hydrogen (secondary N) is 1. The van der Waals surface area contributed by atoms with Crippen molar-refractivity contribution in [2.45, 2.75) is 51.5 Å². The Hall–Kier alpha value is -1.57. The Morgan fingerprint density at radius 1 is 1.29 bits per heavy atom. The van der Waals surface area contributed by atoms with Gasteiger partial charge in [-0.3, -0.25) is 9.69 Å². The summed E-state index contributed by atoms with van der Waals surface area (Å²) in [6.07, 6.45) is 3.20. The van der Waals surface area contributed by atoms with Crippen LogP contribution in [0.4, 0.5) is 4.79 Å². The highest BCUT2D eigenvalue weighted by molar-refractivity contribution is 6.07. The lowest BCUT2D eigenvalue weighted by atomic mass is 9.88. The Labute approximate surface area is 102 Å². The summed E-state index contributed by atoms with van der Waals surface area (Å²) in [6.45, 7) is 4.18. The molecule has 0 bridgehead atoms. The molecular weight excluding hydrogens is 218 g/mol. The maximum absolute atomic E-state index is 12.3. The van der Waals surface area contributed by atoms with Crippen molar-refractivity contribution >= 4 is 11.9 Å². The van der Waals surface area contributed by atoms with Crippen molar-refractivity contribution in [1.82, 2.24) is 10.2 Å². The Kier molecular flexibility index (Phi) is 4.50. The van der Waals surface area contributed by atoms with E-state index in [4.69, 9.17) is 5.26 Å². The van der Waals surface area contributed by atoms with Crippen LogP contribution < -0.4 is 5.32 Å². The van der Waals surface area contributed by atoms with Crippen molar-refractivity contribution in [1.29, 1.82) is 5.26 Å². The second-order valence-electron chi connectivity index (χ2n) is 4.38. The van der Waals surface area contributed by atoms with Gasteiger partial charge in [0.25, 0.3) is 5.91 Å². The van der Waals surface area contributed by atoms with Crippen LogP contribution >= 0.6 is 0 Å². The van der Waals surface area contributed by atoms with E-state index < -0.39 is 5.54 Å². The number of carbonyl (C=O) groups is 2. The first-order valence-electron chi connectivity index (χ1n) is 6.12. The molecule has 0 unspecified atom stereocenters. The minimum absolute atomic E-state index is 0.165. The molecule has 17 heavy (non-hydrogen) atoms. The van der Waals surface area contributed by atoms with E-state index in [1.54, 1.807) is 0 Å². The molecule has 1 rings (SSSR count). The normalized spacial score (nSPS) is 18.1. The van der Waals surface area contributed by atoms with Crippen LogP contribution in [0.5, 0.6) is 0 Å². The standard InChI is InChI=1S/C12H19N3O2/c1-3-6-12(7-4-2)10(16)15(9-5-8-13)11(17)14-12/h3-7,9H2,1-2H3,(H,14,17). The fourth-order valence-electron chi connectivity index (χ4n) is 2.36. The average molecular weight is 237 g/mol. The lowest BCUT2D eigenvalue weighted by molar-refractivity contribution is -0.131. The van der Waals surface area contributed by atoms with Crippen LogP contribution in [0.2, 0.25) is 0 Å². The molecule has 0 aliphatic carbocycles. The van der Waals surface area contributed by atoms with Crippen molar-refractivity contribution in [3.8, 4) is 6.07 Å². The fourth-order valence-corrected chi connectivity index (χ4v) is 2.36. The number of carbonyl (C=O) groups excluding carboxylic acids is 2. The van der Waals surface area contributed by atoms with Gasteiger partial charge in [0.2, 0.25) is 0 Å². The molecule has 94 valence electrons. The monoisotopic (exact) mass is 237 g/mol. The Balaban J connectivity index is 2.85. The highest BCUT2D eigenvalue weighted by atomic mass is 16.2. The minimum Gasteiger partial charge on any atom is -0.323 e. The van der Waals surface area contributed by atoms with Gasteiger partial charge in [-0.05, 0) is 12.8 Å². The second kappa shape index (κ2) is 5.67. The number of amides is 3. The van der Waals surface area contributed by atoms with Crippen LogP contribution in [0.1, 0.15) is 46.0 Å². The molecule has 3 amide bonds. The molecule has 1 fully saturated rings. The highest BCUT2D eigenvalue weighted by Gasteiger charge is 2.49. The zero-order valence-electron chi connectivity index (χ0n) is 10.5. The summed E-state index contributed by atoms with van der Waals surface area (Å²) in [5, 5.41) is 11.3. The molecule has 5 heteroatoms. The number of hydrogen-bond acceptors (Lipinski definition) is 3. The molecule has 0 saturated carbocycles. The van der Waals surface area contributed by atoms with E-state index in [-0.39, 0.29) is 24.9 Å². The third-order valence-corrected chi connectivity index (χ3v) is 3.05. The molecule has 1 aliphatic rings. The largest absolute Gasteiger partial charge is 0.325 e. The van der Waals surface area contributed by atoms with E-state index in [1.165, 1.54) is 4.90 Å². The van der Waals surface area contributed by atoms with Gasteiger partial charge in [0.15, 0.2) is 0 Å². The van der Waals surface area contributed by atoms with Crippen molar-refractivity contribution in [3.63, 3.8) is 0 Å². The zero-order chi connectivity index (χ0) is 12.9. The van der Waals surface area contributed by atoms with E-state index in [0.717, 1.165) is 12.8 Å². The quantitative estimate of drug-likeness (QED) is 0.716. The molecule has 5 nitrogen and oxygen atoms in total. The first kappa shape index (κ1) is 13.5. The second-order valence-corrected chi connectivity index (χ2v) is 4.38. The Morgan fingerprint density at radius 2 is 1.88 bits per heavy atom. The van der Waals surface area contributed by atoms with E-state index >= 15 is 0 Å². The SMILES string of the molecule is CCCC1(CCC)NC(=O)N(CCC#N)C1=O. The first-order chi connectivity index (χ1) is 8.11. The molecule has 0 atom stereocenters. The van der Waals surface area contributed by atoms with Gasteiger partial charge in [-0.15, -0.1) is 0 Å². The zero-order valence-corrected chi connectivity index (χ0v) is 10.5. The van der Waals surface area contributed by atoms with Crippen LogP contribution in [0.25, 0.3) is 0 Å². The summed E-state index contributed by atoms with van der Waals surface area (Å²) in [7, 11) is 0. The van der Waals surface area contributed by atoms with Crippen LogP contribution in [0.3, 0.4) is 0 Å². The number of hydrogen-bond donors (Lipinski definition) is 1. The number of rotatable bonds is 6. The fraction of sp³-hybridized carbons (Fsp3) is 0.750. The van der Waals surface area contributed by atoms with Gasteiger partial charge in [0.05, 0.1) is 12.5 Å². The van der Waals surface area contributed by atoms with Crippen LogP contribution in [-0.2, 0) is 4.79 Å². The molecule has 0 radical (unpaired) electrons. The van der Waals surface area contributed by atoms with Gasteiger partial charge >= 0.3 is 6.03 Å². The number of urea groups is 1. The third kappa shape index (κ3) is 2.57. The topological polar surface area (TPSA) is 73.2 Å². The predicted molar refractivity (Wildman–Crippen MR) is 63.0 cm³/mol. The van der Waals surface area contributed by atoms with Crippen molar-refractivity contribution in [2.24, 2.45) is 0 Å². The molecule has 0 spiro atoms. The van der Waals surface area contributed by atoms with Crippen molar-refractivity contribution < 1.29 is 9.59 Å². The number of nitriles is 1. The van der Waals surface area contributed by atoms with E-state index in [0.29, 0.717) is 12.8 Å². The Bertz CT molecular complexity index is 340. The summed E-state index contributed by atoms with van der Waals surface area (Å²) in [4.78, 5) is 25.2. The minimum atomic E-state index is -0.726. The van der Waals surface area contributed by atoms with Gasteiger partial charge in [-0.2, -0.15) is 5.26 Å². The van der Waals surface area contributed by atoms with E-state index in [9.17, 15) is 9.59 Å². The lowest BCUT2D eigenvalue weighted by Crippen LogP contribution is -2.46. The van der Waals surface area contributed by atoms with Crippen LogP contribution in [-0.4, -0.2) is 28.9 Å². The lowest BCUT2D eigenvalue weighted by Gasteiger charge is -2.25. The van der Waals surface area contributed by atoms with Gasteiger partial charge < -0.3 is 5.32 Å². The maximum atomic E-state index is 12.3. The Morgan fingerprint density at radius 3 is 2.35 bits per heavy atom. The van der Waals surface area contributed by atoms with Crippen molar-refractivity contribution in [3.05, 3.63) is 0 Å². The molecule has 1 aliphatic heterocycles. The summed E-state index contributed by atoms with van der Waals surface area (Å²) >= 11 is 0. The maximum Gasteiger partial charge on any atom is 0.325 e. The smallest absolute Gasteiger partial charge is 0.323 e. The summed E-state index contributed by atoms with van der Waals surface area (Å²) < 4.78 is 0. The van der Waals surface area contributed by atoms with Crippen LogP contribution in [0, 0.1) is 11.3 Å². The molecular formula is C12H19N3O2. The summed E-state index contributed by atoms with van der Waals surface area (Å²) in [5.74, 6) is -0.165. The third-order valence-electron chi connectivity index (χ3n) is 3.05. The molecule has 0 aromatic rings. The molecule has 0 aromatic carbocycles. The molecule has 1 saturated heterocycles. The number of imide groups is 1. The highest BCUT2D eigenvalue weighted by Crippen LogP contribution is 2.27. The molecule has 1 heterocycles. The van der Waals surface area contributed by atoms with Gasteiger partial charge in [-0.25, -0.2) is 4.79 Å². The van der Waals surface area contributed by atoms with E-state index in [1.807, 2.05) is 19.9 Å². The van der Waals surface area contributed by atoms with Gasteiger partial charge in [-0.1, -0.05) is 26.7 Å². The first-order valence-corrected chi connectivity index (χ1v) is 6.12. The van der Waals surface area contributed by atoms with Crippen molar-refractivity contribution in [2.75, 3.05) is 6.54 Å². The van der Waals surface area contributed by atoms with E-state index in [2.05, 4.69) is 5.32 Å². The van der Waals surface area contributed by atoms with Crippen LogP contribution in [0.15, 0.2) is 0 Å². The molecule has 1 N–H and O–H groups in total. The number of nitrogens with zero attached hydrogens (tertiary/aromatic N) is 2. The van der Waals surface area contributed by atoms with Gasteiger partial charge in [0, 0.05) is 6.54 Å².